The highest BCUT2D eigenvalue weighted by Gasteiger charge is 2.47. The Morgan fingerprint density at radius 2 is 1.65 bits per heavy atom. The molecule has 1 aliphatic heterocycles. The molecule has 2 rings (SSSR count). The third-order valence-corrected chi connectivity index (χ3v) is 3.86. The van der Waals surface area contributed by atoms with Gasteiger partial charge in [0.2, 0.25) is 5.82 Å². The maximum absolute atomic E-state index is 13.5. The van der Waals surface area contributed by atoms with Crippen LogP contribution in [0.15, 0.2) is 10.5 Å². The number of alkyl halides is 3. The van der Waals surface area contributed by atoms with Crippen molar-refractivity contribution in [3.05, 3.63) is 27.7 Å². The van der Waals surface area contributed by atoms with Crippen molar-refractivity contribution >= 4 is 40.7 Å². The van der Waals surface area contributed by atoms with Gasteiger partial charge in [0.25, 0.3) is 0 Å². The molecule has 0 radical (unpaired) electrons. The van der Waals surface area contributed by atoms with Crippen LogP contribution in [-0.2, 0) is 0 Å². The molecule has 0 spiro atoms. The molecule has 0 aliphatic carbocycles. The van der Waals surface area contributed by atoms with E-state index in [4.69, 9.17) is 0 Å². The maximum Gasteiger partial charge on any atom is 0.408 e. The van der Waals surface area contributed by atoms with Gasteiger partial charge in [-0.05, 0) is 22.0 Å². The first-order valence-electron chi connectivity index (χ1n) is 6.11. The van der Waals surface area contributed by atoms with Gasteiger partial charge in [0.1, 0.15) is 6.04 Å². The van der Waals surface area contributed by atoms with Gasteiger partial charge in [0.15, 0.2) is 11.6 Å². The molecule has 0 aromatic heterocycles. The van der Waals surface area contributed by atoms with E-state index in [0.717, 1.165) is 11.0 Å². The lowest BCUT2D eigenvalue weighted by Crippen LogP contribution is -2.49. The van der Waals surface area contributed by atoms with E-state index in [-0.39, 0.29) is 37.9 Å². The smallest absolute Gasteiger partial charge is 0.408 e. The lowest BCUT2D eigenvalue weighted by atomic mass is 10.0. The molecule has 1 heterocycles. The zero-order valence-corrected chi connectivity index (χ0v) is 14.7. The minimum atomic E-state index is -4.72. The molecule has 1 saturated heterocycles. The van der Waals surface area contributed by atoms with E-state index in [0.29, 0.717) is 13.1 Å². The van der Waals surface area contributed by atoms with Crippen LogP contribution < -0.4 is 5.32 Å². The van der Waals surface area contributed by atoms with Gasteiger partial charge >= 0.3 is 6.18 Å². The molecule has 3 nitrogen and oxygen atoms in total. The Morgan fingerprint density at radius 1 is 1.13 bits per heavy atom. The molecule has 0 bridgehead atoms. The van der Waals surface area contributed by atoms with Gasteiger partial charge in [-0.1, -0.05) is 0 Å². The normalized spacial score (nSPS) is 17.1. The van der Waals surface area contributed by atoms with Crippen LogP contribution in [0.3, 0.4) is 0 Å². The lowest BCUT2D eigenvalue weighted by molar-refractivity contribution is -0.188. The molecular formula is C12H14BrCl2F5N2O. The molecule has 134 valence electrons. The van der Waals surface area contributed by atoms with Crippen molar-refractivity contribution in [3.8, 4) is 5.75 Å². The molecule has 23 heavy (non-hydrogen) atoms. The Kier molecular flexibility index (Phi) is 8.53. The van der Waals surface area contributed by atoms with Crippen LogP contribution in [0.25, 0.3) is 0 Å². The zero-order chi connectivity index (χ0) is 15.8. The first-order chi connectivity index (χ1) is 9.73. The number of piperazine rings is 1. The summed E-state index contributed by atoms with van der Waals surface area (Å²) >= 11 is 2.67. The van der Waals surface area contributed by atoms with Crippen LogP contribution in [0.5, 0.6) is 5.75 Å². The molecule has 0 amide bonds. The quantitative estimate of drug-likeness (QED) is 0.535. The fourth-order valence-corrected chi connectivity index (χ4v) is 2.75. The Bertz CT molecular complexity index is 541. The highest BCUT2D eigenvalue weighted by atomic mass is 79.9. The average molecular weight is 448 g/mol. The van der Waals surface area contributed by atoms with E-state index in [1.54, 1.807) is 0 Å². The monoisotopic (exact) mass is 446 g/mol. The van der Waals surface area contributed by atoms with Crippen molar-refractivity contribution in [1.82, 2.24) is 10.2 Å². The summed E-state index contributed by atoms with van der Waals surface area (Å²) in [6, 6.07) is -1.42. The Labute approximate surface area is 150 Å². The summed E-state index contributed by atoms with van der Waals surface area (Å²) in [5, 5.41) is 12.5. The fraction of sp³-hybridized carbons (Fsp3) is 0.500. The minimum Gasteiger partial charge on any atom is -0.505 e. The van der Waals surface area contributed by atoms with Gasteiger partial charge in [0, 0.05) is 31.7 Å². The summed E-state index contributed by atoms with van der Waals surface area (Å²) in [5.41, 5.74) is -0.699. The summed E-state index contributed by atoms with van der Waals surface area (Å²) in [6.45, 7) is 0.858. The third-order valence-electron chi connectivity index (χ3n) is 3.29. The minimum absolute atomic E-state index is 0. The standard InChI is InChI=1S/C12H12BrF5N2O.2ClH/c13-7-5-6(10(21)9(15)8(7)14)11(12(16,17)18)20-3-1-19-2-4-20;;/h5,11,19,21H,1-4H2;2*1H/t11-;;/m1../s1. The molecule has 11 heteroatoms. The van der Waals surface area contributed by atoms with Gasteiger partial charge < -0.3 is 10.4 Å². The summed E-state index contributed by atoms with van der Waals surface area (Å²) < 4.78 is 66.3. The Balaban J connectivity index is 0.00000242. The van der Waals surface area contributed by atoms with Crippen LogP contribution in [0.4, 0.5) is 22.0 Å². The molecule has 1 aliphatic rings. The second-order valence-electron chi connectivity index (χ2n) is 4.65. The number of halogens is 8. The highest BCUT2D eigenvalue weighted by Crippen LogP contribution is 2.43. The van der Waals surface area contributed by atoms with Gasteiger partial charge in [-0.3, -0.25) is 4.90 Å². The van der Waals surface area contributed by atoms with Crippen molar-refractivity contribution in [2.24, 2.45) is 0 Å². The van der Waals surface area contributed by atoms with Crippen LogP contribution in [0, 0.1) is 11.6 Å². The van der Waals surface area contributed by atoms with E-state index in [1.165, 1.54) is 0 Å². The topological polar surface area (TPSA) is 35.5 Å². The maximum atomic E-state index is 13.5. The fourth-order valence-electron chi connectivity index (χ4n) is 2.33. The van der Waals surface area contributed by atoms with Gasteiger partial charge in [-0.15, -0.1) is 24.8 Å². The Hall–Kier alpha value is -0.350. The molecule has 1 aromatic rings. The van der Waals surface area contributed by atoms with Crippen LogP contribution in [-0.4, -0.2) is 42.4 Å². The number of phenolic OH excluding ortho intramolecular Hbond substituents is 1. The zero-order valence-electron chi connectivity index (χ0n) is 11.5. The van der Waals surface area contributed by atoms with Crippen molar-refractivity contribution in [3.63, 3.8) is 0 Å². The van der Waals surface area contributed by atoms with Crippen LogP contribution in [0.1, 0.15) is 11.6 Å². The van der Waals surface area contributed by atoms with E-state index >= 15 is 0 Å². The van der Waals surface area contributed by atoms with E-state index in [2.05, 4.69) is 21.2 Å². The van der Waals surface area contributed by atoms with Crippen molar-refractivity contribution in [1.29, 1.82) is 0 Å². The number of phenols is 1. The summed E-state index contributed by atoms with van der Waals surface area (Å²) in [4.78, 5) is 1.08. The summed E-state index contributed by atoms with van der Waals surface area (Å²) in [6.07, 6.45) is -4.72. The van der Waals surface area contributed by atoms with Crippen molar-refractivity contribution in [2.45, 2.75) is 12.2 Å². The van der Waals surface area contributed by atoms with E-state index in [9.17, 15) is 27.1 Å². The largest absolute Gasteiger partial charge is 0.505 e. The predicted molar refractivity (Wildman–Crippen MR) is 83.5 cm³/mol. The molecule has 1 atom stereocenters. The molecule has 1 fully saturated rings. The first-order valence-corrected chi connectivity index (χ1v) is 6.90. The molecule has 1 aromatic carbocycles. The number of nitrogens with zero attached hydrogens (tertiary/aromatic N) is 1. The summed E-state index contributed by atoms with van der Waals surface area (Å²) in [7, 11) is 0. The van der Waals surface area contributed by atoms with Gasteiger partial charge in [-0.25, -0.2) is 4.39 Å². The number of benzene rings is 1. The first kappa shape index (κ1) is 22.6. The third kappa shape index (κ3) is 4.82. The predicted octanol–water partition coefficient (Wildman–Crippen LogP) is 3.79. The van der Waals surface area contributed by atoms with Crippen LogP contribution in [0.2, 0.25) is 0 Å². The number of aromatic hydroxyl groups is 1. The number of hydrogen-bond acceptors (Lipinski definition) is 3. The average Bonchev–Trinajstić information content (AvgIpc) is 2.42. The van der Waals surface area contributed by atoms with Crippen molar-refractivity contribution < 1.29 is 27.1 Å². The Morgan fingerprint density at radius 3 is 2.13 bits per heavy atom. The second-order valence-corrected chi connectivity index (χ2v) is 5.51. The SMILES string of the molecule is Cl.Cl.Oc1c([C@@H](N2CCNCC2)C(F)(F)F)cc(Br)c(F)c1F. The molecule has 0 unspecified atom stereocenters. The van der Waals surface area contributed by atoms with Crippen LogP contribution >= 0.6 is 40.7 Å². The number of hydrogen-bond donors (Lipinski definition) is 2. The summed E-state index contributed by atoms with van der Waals surface area (Å²) in [5.74, 6) is -4.42. The molecular weight excluding hydrogens is 434 g/mol. The second kappa shape index (κ2) is 8.66. The van der Waals surface area contributed by atoms with E-state index in [1.807, 2.05) is 0 Å². The molecule has 0 saturated carbocycles. The van der Waals surface area contributed by atoms with Gasteiger partial charge in [-0.2, -0.15) is 17.6 Å². The van der Waals surface area contributed by atoms with Crippen molar-refractivity contribution in [2.75, 3.05) is 26.2 Å². The molecule has 2 N–H and O–H groups in total. The highest BCUT2D eigenvalue weighted by molar-refractivity contribution is 9.10. The number of rotatable bonds is 2. The van der Waals surface area contributed by atoms with Gasteiger partial charge in [0.05, 0.1) is 4.47 Å². The van der Waals surface area contributed by atoms with E-state index < -0.39 is 39.6 Å². The lowest BCUT2D eigenvalue weighted by Gasteiger charge is -2.36. The number of nitrogens with one attached hydrogen (secondary N) is 1.